The molecule has 0 fully saturated rings. The quantitative estimate of drug-likeness (QED) is 0.543. The summed E-state index contributed by atoms with van der Waals surface area (Å²) in [7, 11) is 0. The lowest BCUT2D eigenvalue weighted by molar-refractivity contribution is -0.121. The van der Waals surface area contributed by atoms with Gasteiger partial charge in [-0.2, -0.15) is 0 Å². The maximum atomic E-state index is 12.1. The van der Waals surface area contributed by atoms with Crippen molar-refractivity contribution in [1.82, 2.24) is 19.9 Å². The number of aromatic nitrogens is 3. The predicted octanol–water partition coefficient (Wildman–Crippen LogP) is 3.92. The Morgan fingerprint density at radius 1 is 1.19 bits per heavy atom. The van der Waals surface area contributed by atoms with Crippen LogP contribution in [0, 0.1) is 0 Å². The fourth-order valence-electron chi connectivity index (χ4n) is 3.11. The highest BCUT2D eigenvalue weighted by Crippen LogP contribution is 2.20. The van der Waals surface area contributed by atoms with Crippen molar-refractivity contribution >= 4 is 39.4 Å². The number of amides is 1. The Morgan fingerprint density at radius 2 is 2.08 bits per heavy atom. The number of imidazole rings is 1. The molecule has 0 aliphatic carbocycles. The third-order valence-corrected chi connectivity index (χ3v) is 4.67. The van der Waals surface area contributed by atoms with Crippen molar-refractivity contribution in [3.63, 3.8) is 0 Å². The molecule has 0 aliphatic heterocycles. The van der Waals surface area contributed by atoms with E-state index in [4.69, 9.17) is 11.6 Å². The molecule has 0 saturated carbocycles. The lowest BCUT2D eigenvalue weighted by atomic mass is 10.2. The minimum absolute atomic E-state index is 0.0324. The summed E-state index contributed by atoms with van der Waals surface area (Å²) in [4.78, 5) is 19.9. The van der Waals surface area contributed by atoms with Crippen LogP contribution in [-0.2, 0) is 17.8 Å². The van der Waals surface area contributed by atoms with Crippen LogP contribution in [0.2, 0.25) is 5.02 Å². The summed E-state index contributed by atoms with van der Waals surface area (Å²) in [5.41, 5.74) is 3.02. The van der Waals surface area contributed by atoms with Crippen molar-refractivity contribution in [1.29, 1.82) is 0 Å². The number of benzene rings is 2. The molecular weight excluding hydrogens is 348 g/mol. The van der Waals surface area contributed by atoms with E-state index in [2.05, 4.69) is 19.9 Å². The number of rotatable bonds is 6. The Bertz CT molecular complexity index is 1030. The number of para-hydroxylation sites is 2. The average Bonchev–Trinajstić information content (AvgIpc) is 3.23. The topological polar surface area (TPSA) is 62.7 Å². The van der Waals surface area contributed by atoms with E-state index in [1.807, 2.05) is 54.7 Å². The summed E-state index contributed by atoms with van der Waals surface area (Å²) in [5.74, 6) is 0.919. The van der Waals surface area contributed by atoms with Gasteiger partial charge in [-0.15, -0.1) is 0 Å². The number of aryl methyl sites for hydroxylation is 1. The van der Waals surface area contributed by atoms with E-state index in [0.29, 0.717) is 31.0 Å². The number of aromatic amines is 1. The SMILES string of the molecule is O=C(CCn1ccc2ccc(Cl)cc21)NCCc1nc2ccccc2[nH]1. The van der Waals surface area contributed by atoms with Crippen LogP contribution in [0.25, 0.3) is 21.9 Å². The van der Waals surface area contributed by atoms with Crippen LogP contribution in [0.15, 0.2) is 54.7 Å². The van der Waals surface area contributed by atoms with Gasteiger partial charge in [0.25, 0.3) is 0 Å². The minimum atomic E-state index is 0.0324. The second-order valence-electron chi connectivity index (χ2n) is 6.26. The molecule has 0 bridgehead atoms. The van der Waals surface area contributed by atoms with Gasteiger partial charge in [0, 0.05) is 42.7 Å². The van der Waals surface area contributed by atoms with Crippen LogP contribution in [0.4, 0.5) is 0 Å². The molecule has 0 radical (unpaired) electrons. The van der Waals surface area contributed by atoms with Gasteiger partial charge in [0.2, 0.25) is 5.91 Å². The van der Waals surface area contributed by atoms with E-state index in [1.54, 1.807) is 0 Å². The molecule has 0 spiro atoms. The standard InChI is InChI=1S/C20H19ClN4O/c21-15-6-5-14-8-11-25(18(14)13-15)12-9-20(26)22-10-7-19-23-16-3-1-2-4-17(16)24-19/h1-6,8,11,13H,7,9-10,12H2,(H,22,26)(H,23,24). The number of halogens is 1. The summed E-state index contributed by atoms with van der Waals surface area (Å²) in [6.07, 6.45) is 3.10. The van der Waals surface area contributed by atoms with Crippen LogP contribution in [0.5, 0.6) is 0 Å². The lowest BCUT2D eigenvalue weighted by Crippen LogP contribution is -2.26. The number of carbonyl (C=O) groups excluding carboxylic acids is 1. The van der Waals surface area contributed by atoms with Gasteiger partial charge in [-0.25, -0.2) is 4.98 Å². The van der Waals surface area contributed by atoms with Gasteiger partial charge in [-0.3, -0.25) is 4.79 Å². The second kappa shape index (κ2) is 7.22. The van der Waals surface area contributed by atoms with Gasteiger partial charge in [-0.05, 0) is 35.7 Å². The molecule has 0 saturated heterocycles. The lowest BCUT2D eigenvalue weighted by Gasteiger charge is -2.07. The minimum Gasteiger partial charge on any atom is -0.356 e. The van der Waals surface area contributed by atoms with Crippen molar-refractivity contribution in [2.75, 3.05) is 6.54 Å². The van der Waals surface area contributed by atoms with E-state index in [9.17, 15) is 4.79 Å². The van der Waals surface area contributed by atoms with Gasteiger partial charge < -0.3 is 14.9 Å². The maximum Gasteiger partial charge on any atom is 0.221 e. The fourth-order valence-corrected chi connectivity index (χ4v) is 3.27. The number of H-pyrrole nitrogens is 1. The van der Waals surface area contributed by atoms with Crippen molar-refractivity contribution in [2.45, 2.75) is 19.4 Å². The molecular formula is C20H19ClN4O. The van der Waals surface area contributed by atoms with Gasteiger partial charge in [0.1, 0.15) is 5.82 Å². The normalized spacial score (nSPS) is 11.3. The Hall–Kier alpha value is -2.79. The fraction of sp³-hybridized carbons (Fsp3) is 0.200. The van der Waals surface area contributed by atoms with E-state index in [0.717, 1.165) is 27.8 Å². The van der Waals surface area contributed by atoms with Crippen molar-refractivity contribution in [2.24, 2.45) is 0 Å². The number of hydrogen-bond acceptors (Lipinski definition) is 2. The predicted molar refractivity (Wildman–Crippen MR) is 104 cm³/mol. The highest BCUT2D eigenvalue weighted by Gasteiger charge is 2.06. The van der Waals surface area contributed by atoms with Gasteiger partial charge >= 0.3 is 0 Å². The molecule has 4 rings (SSSR count). The third kappa shape index (κ3) is 3.58. The first-order valence-corrected chi connectivity index (χ1v) is 9.01. The Labute approximate surface area is 156 Å². The van der Waals surface area contributed by atoms with Crippen LogP contribution in [0.1, 0.15) is 12.2 Å². The first-order chi connectivity index (χ1) is 12.7. The van der Waals surface area contributed by atoms with Crippen LogP contribution < -0.4 is 5.32 Å². The van der Waals surface area contributed by atoms with Crippen molar-refractivity contribution in [3.05, 3.63) is 65.6 Å². The second-order valence-corrected chi connectivity index (χ2v) is 6.70. The molecule has 2 heterocycles. The molecule has 26 heavy (non-hydrogen) atoms. The third-order valence-electron chi connectivity index (χ3n) is 4.44. The molecule has 132 valence electrons. The first kappa shape index (κ1) is 16.7. The zero-order valence-corrected chi connectivity index (χ0v) is 15.0. The largest absolute Gasteiger partial charge is 0.356 e. The zero-order chi connectivity index (χ0) is 17.9. The van der Waals surface area contributed by atoms with E-state index in [-0.39, 0.29) is 5.91 Å². The van der Waals surface area contributed by atoms with E-state index < -0.39 is 0 Å². The number of hydrogen-bond donors (Lipinski definition) is 2. The van der Waals surface area contributed by atoms with Gasteiger partial charge in [-0.1, -0.05) is 29.8 Å². The molecule has 0 aliphatic rings. The number of carbonyl (C=O) groups is 1. The summed E-state index contributed by atoms with van der Waals surface area (Å²) in [5, 5.41) is 4.79. The number of nitrogens with zero attached hydrogens (tertiary/aromatic N) is 2. The van der Waals surface area contributed by atoms with Crippen molar-refractivity contribution in [3.8, 4) is 0 Å². The highest BCUT2D eigenvalue weighted by molar-refractivity contribution is 6.31. The molecule has 0 unspecified atom stereocenters. The molecule has 2 N–H and O–H groups in total. The Balaban J connectivity index is 1.29. The smallest absolute Gasteiger partial charge is 0.221 e. The Morgan fingerprint density at radius 3 is 2.96 bits per heavy atom. The summed E-state index contributed by atoms with van der Waals surface area (Å²) in [6.45, 7) is 1.19. The molecule has 0 atom stereocenters. The molecule has 5 nitrogen and oxygen atoms in total. The first-order valence-electron chi connectivity index (χ1n) is 8.64. The summed E-state index contributed by atoms with van der Waals surface area (Å²) < 4.78 is 2.06. The highest BCUT2D eigenvalue weighted by atomic mass is 35.5. The molecule has 4 aromatic rings. The summed E-state index contributed by atoms with van der Waals surface area (Å²) >= 11 is 6.06. The van der Waals surface area contributed by atoms with E-state index in [1.165, 1.54) is 0 Å². The number of fused-ring (bicyclic) bond motifs is 2. The average molecular weight is 367 g/mol. The Kier molecular flexibility index (Phi) is 4.63. The van der Waals surface area contributed by atoms with Crippen LogP contribution in [0.3, 0.4) is 0 Å². The summed E-state index contributed by atoms with van der Waals surface area (Å²) in [6, 6.07) is 15.7. The van der Waals surface area contributed by atoms with Gasteiger partial charge in [0.15, 0.2) is 0 Å². The van der Waals surface area contributed by atoms with E-state index >= 15 is 0 Å². The van der Waals surface area contributed by atoms with Gasteiger partial charge in [0.05, 0.1) is 11.0 Å². The molecule has 2 aromatic heterocycles. The van der Waals surface area contributed by atoms with Crippen LogP contribution >= 0.6 is 11.6 Å². The van der Waals surface area contributed by atoms with Crippen molar-refractivity contribution < 1.29 is 4.79 Å². The molecule has 1 amide bonds. The van der Waals surface area contributed by atoms with Crippen LogP contribution in [-0.4, -0.2) is 27.0 Å². The monoisotopic (exact) mass is 366 g/mol. The molecule has 2 aromatic carbocycles. The maximum absolute atomic E-state index is 12.1. The number of nitrogens with one attached hydrogen (secondary N) is 2. The zero-order valence-electron chi connectivity index (χ0n) is 14.2. The molecule has 6 heteroatoms.